The summed E-state index contributed by atoms with van der Waals surface area (Å²) in [6, 6.07) is 19.3. The summed E-state index contributed by atoms with van der Waals surface area (Å²) >= 11 is 0. The molecule has 1 heterocycles. The van der Waals surface area contributed by atoms with Gasteiger partial charge in [-0.25, -0.2) is 4.98 Å². The molecule has 0 aliphatic heterocycles. The van der Waals surface area contributed by atoms with Gasteiger partial charge in [-0.15, -0.1) is 0 Å². The molecule has 0 spiro atoms. The van der Waals surface area contributed by atoms with Crippen molar-refractivity contribution in [2.75, 3.05) is 17.2 Å². The van der Waals surface area contributed by atoms with E-state index in [-0.39, 0.29) is 0 Å². The number of nitrogens with zero attached hydrogens (tertiary/aromatic N) is 2. The molecule has 0 saturated heterocycles. The van der Waals surface area contributed by atoms with Gasteiger partial charge in [0, 0.05) is 18.4 Å². The van der Waals surface area contributed by atoms with Crippen LogP contribution in [0.4, 0.5) is 17.5 Å². The standard InChI is InChI=1S/C21H24N4O/c1-2-3-7-15-22-20-14-16-23-21(25-20)24-17-10-12-19(13-11-17)26-18-8-5-4-6-9-18/h4-6,8-14,16H,2-3,7,15H2,1H3,(H2,22,23,24,25). The van der Waals surface area contributed by atoms with Gasteiger partial charge in [-0.1, -0.05) is 38.0 Å². The van der Waals surface area contributed by atoms with Crippen LogP contribution in [0, 0.1) is 0 Å². The molecule has 0 fully saturated rings. The normalized spacial score (nSPS) is 10.3. The summed E-state index contributed by atoms with van der Waals surface area (Å²) in [7, 11) is 0. The van der Waals surface area contributed by atoms with Gasteiger partial charge in [0.1, 0.15) is 17.3 Å². The third-order valence-electron chi connectivity index (χ3n) is 3.83. The van der Waals surface area contributed by atoms with Crippen LogP contribution in [0.1, 0.15) is 26.2 Å². The molecule has 1 aromatic heterocycles. The van der Waals surface area contributed by atoms with E-state index in [4.69, 9.17) is 4.74 Å². The molecular weight excluding hydrogens is 324 g/mol. The first-order valence-corrected chi connectivity index (χ1v) is 9.00. The quantitative estimate of drug-likeness (QED) is 0.492. The number of benzene rings is 2. The lowest BCUT2D eigenvalue weighted by Crippen LogP contribution is -2.05. The van der Waals surface area contributed by atoms with E-state index in [1.807, 2.05) is 60.7 Å². The van der Waals surface area contributed by atoms with E-state index in [2.05, 4.69) is 27.5 Å². The Labute approximate surface area is 154 Å². The minimum absolute atomic E-state index is 0.571. The van der Waals surface area contributed by atoms with Gasteiger partial charge in [0.15, 0.2) is 0 Å². The van der Waals surface area contributed by atoms with Crippen molar-refractivity contribution in [3.8, 4) is 11.5 Å². The van der Waals surface area contributed by atoms with Gasteiger partial charge >= 0.3 is 0 Å². The topological polar surface area (TPSA) is 59.1 Å². The lowest BCUT2D eigenvalue weighted by molar-refractivity contribution is 0.483. The van der Waals surface area contributed by atoms with E-state index in [9.17, 15) is 0 Å². The van der Waals surface area contributed by atoms with Crippen LogP contribution in [0.25, 0.3) is 0 Å². The molecule has 2 aromatic carbocycles. The summed E-state index contributed by atoms with van der Waals surface area (Å²) in [5.41, 5.74) is 0.911. The molecule has 0 aliphatic rings. The summed E-state index contributed by atoms with van der Waals surface area (Å²) in [4.78, 5) is 8.77. The van der Waals surface area contributed by atoms with Crippen molar-refractivity contribution in [2.24, 2.45) is 0 Å². The van der Waals surface area contributed by atoms with Crippen molar-refractivity contribution < 1.29 is 4.74 Å². The second-order valence-electron chi connectivity index (χ2n) is 5.96. The van der Waals surface area contributed by atoms with E-state index < -0.39 is 0 Å². The monoisotopic (exact) mass is 348 g/mol. The number of aromatic nitrogens is 2. The predicted octanol–water partition coefficient (Wildman–Crippen LogP) is 5.61. The lowest BCUT2D eigenvalue weighted by atomic mass is 10.2. The minimum Gasteiger partial charge on any atom is -0.457 e. The van der Waals surface area contributed by atoms with E-state index in [0.29, 0.717) is 5.95 Å². The summed E-state index contributed by atoms with van der Waals surface area (Å²) in [5.74, 6) is 3.01. The molecule has 134 valence electrons. The Bertz CT molecular complexity index is 791. The van der Waals surface area contributed by atoms with E-state index in [0.717, 1.165) is 36.0 Å². The van der Waals surface area contributed by atoms with Crippen LogP contribution in [-0.2, 0) is 0 Å². The number of hydrogen-bond acceptors (Lipinski definition) is 5. The molecule has 0 amide bonds. The summed E-state index contributed by atoms with van der Waals surface area (Å²) in [6.45, 7) is 3.12. The number of para-hydroxylation sites is 1. The van der Waals surface area contributed by atoms with Gasteiger partial charge in [-0.05, 0) is 48.9 Å². The van der Waals surface area contributed by atoms with Crippen molar-refractivity contribution >= 4 is 17.5 Å². The highest BCUT2D eigenvalue weighted by Crippen LogP contribution is 2.23. The van der Waals surface area contributed by atoms with Crippen LogP contribution in [0.2, 0.25) is 0 Å². The van der Waals surface area contributed by atoms with Crippen molar-refractivity contribution in [1.29, 1.82) is 0 Å². The van der Waals surface area contributed by atoms with Crippen LogP contribution in [-0.4, -0.2) is 16.5 Å². The average Bonchev–Trinajstić information content (AvgIpc) is 2.68. The number of anilines is 3. The Morgan fingerprint density at radius 1 is 0.885 bits per heavy atom. The molecule has 0 bridgehead atoms. The first-order chi connectivity index (χ1) is 12.8. The summed E-state index contributed by atoms with van der Waals surface area (Å²) < 4.78 is 5.80. The average molecular weight is 348 g/mol. The highest BCUT2D eigenvalue weighted by Gasteiger charge is 2.02. The number of hydrogen-bond donors (Lipinski definition) is 2. The maximum atomic E-state index is 5.80. The van der Waals surface area contributed by atoms with Crippen molar-refractivity contribution in [1.82, 2.24) is 9.97 Å². The van der Waals surface area contributed by atoms with Crippen molar-refractivity contribution in [2.45, 2.75) is 26.2 Å². The van der Waals surface area contributed by atoms with Crippen LogP contribution in [0.3, 0.4) is 0 Å². The minimum atomic E-state index is 0.571. The third kappa shape index (κ3) is 5.48. The highest BCUT2D eigenvalue weighted by molar-refractivity contribution is 5.56. The predicted molar refractivity (Wildman–Crippen MR) is 106 cm³/mol. The fourth-order valence-electron chi connectivity index (χ4n) is 2.47. The molecule has 0 saturated carbocycles. The van der Waals surface area contributed by atoms with Crippen LogP contribution < -0.4 is 15.4 Å². The SMILES string of the molecule is CCCCCNc1ccnc(Nc2ccc(Oc3ccccc3)cc2)n1. The Morgan fingerprint density at radius 2 is 1.65 bits per heavy atom. The zero-order valence-electron chi connectivity index (χ0n) is 15.0. The van der Waals surface area contributed by atoms with Gasteiger partial charge in [-0.3, -0.25) is 0 Å². The maximum Gasteiger partial charge on any atom is 0.229 e. The van der Waals surface area contributed by atoms with Gasteiger partial charge in [0.2, 0.25) is 5.95 Å². The Morgan fingerprint density at radius 3 is 2.42 bits per heavy atom. The number of ether oxygens (including phenoxy) is 1. The maximum absolute atomic E-state index is 5.80. The lowest BCUT2D eigenvalue weighted by Gasteiger charge is -2.09. The number of rotatable bonds is 9. The highest BCUT2D eigenvalue weighted by atomic mass is 16.5. The molecule has 5 nitrogen and oxygen atoms in total. The van der Waals surface area contributed by atoms with E-state index in [1.165, 1.54) is 12.8 Å². The Hall–Kier alpha value is -3.08. The smallest absolute Gasteiger partial charge is 0.229 e. The number of nitrogens with one attached hydrogen (secondary N) is 2. The molecule has 5 heteroatoms. The van der Waals surface area contributed by atoms with E-state index in [1.54, 1.807) is 6.20 Å². The largest absolute Gasteiger partial charge is 0.457 e. The van der Waals surface area contributed by atoms with Gasteiger partial charge in [0.25, 0.3) is 0 Å². The molecule has 0 radical (unpaired) electrons. The molecule has 2 N–H and O–H groups in total. The second kappa shape index (κ2) is 9.42. The van der Waals surface area contributed by atoms with Gasteiger partial charge in [-0.2, -0.15) is 4.98 Å². The molecule has 0 unspecified atom stereocenters. The second-order valence-corrected chi connectivity index (χ2v) is 5.96. The zero-order valence-corrected chi connectivity index (χ0v) is 15.0. The molecule has 26 heavy (non-hydrogen) atoms. The molecule has 3 aromatic rings. The Balaban J connectivity index is 1.57. The van der Waals surface area contributed by atoms with Crippen molar-refractivity contribution in [3.63, 3.8) is 0 Å². The van der Waals surface area contributed by atoms with E-state index >= 15 is 0 Å². The zero-order chi connectivity index (χ0) is 18.0. The first-order valence-electron chi connectivity index (χ1n) is 9.00. The van der Waals surface area contributed by atoms with Crippen LogP contribution in [0.5, 0.6) is 11.5 Å². The first kappa shape index (κ1) is 17.7. The Kier molecular flexibility index (Phi) is 6.42. The summed E-state index contributed by atoms with van der Waals surface area (Å²) in [5, 5.41) is 6.55. The van der Waals surface area contributed by atoms with Crippen LogP contribution in [0.15, 0.2) is 66.9 Å². The number of unbranched alkanes of at least 4 members (excludes halogenated alkanes) is 2. The molecular formula is C21H24N4O. The summed E-state index contributed by atoms with van der Waals surface area (Å²) in [6.07, 6.45) is 5.33. The molecule has 0 atom stereocenters. The fourth-order valence-corrected chi connectivity index (χ4v) is 2.47. The third-order valence-corrected chi connectivity index (χ3v) is 3.83. The molecule has 0 aliphatic carbocycles. The van der Waals surface area contributed by atoms with Crippen LogP contribution >= 0.6 is 0 Å². The van der Waals surface area contributed by atoms with Crippen molar-refractivity contribution in [3.05, 3.63) is 66.9 Å². The van der Waals surface area contributed by atoms with Gasteiger partial charge < -0.3 is 15.4 Å². The van der Waals surface area contributed by atoms with Gasteiger partial charge in [0.05, 0.1) is 0 Å². The fraction of sp³-hybridized carbons (Fsp3) is 0.238. The molecule has 3 rings (SSSR count).